The van der Waals surface area contributed by atoms with E-state index in [1.54, 1.807) is 19.4 Å². The van der Waals surface area contributed by atoms with E-state index in [1.807, 2.05) is 54.7 Å². The molecule has 1 aromatic heterocycles. The number of likely N-dealkylation sites (tertiary alicyclic amines) is 1. The van der Waals surface area contributed by atoms with Crippen molar-refractivity contribution in [2.45, 2.75) is 22.6 Å². The number of methoxy groups -OCH3 is 1. The molecule has 5 rings (SSSR count). The molecule has 3 aromatic rings. The normalized spacial score (nSPS) is 22.2. The monoisotopic (exact) mass is 406 g/mol. The Morgan fingerprint density at radius 2 is 1.90 bits per heavy atom. The van der Waals surface area contributed by atoms with Crippen molar-refractivity contribution in [1.29, 1.82) is 0 Å². The van der Waals surface area contributed by atoms with E-state index in [0.717, 1.165) is 41.1 Å². The Labute approximate surface area is 170 Å². The summed E-state index contributed by atoms with van der Waals surface area (Å²) in [6, 6.07) is 17.6. The summed E-state index contributed by atoms with van der Waals surface area (Å²) in [5, 5.41) is -0.361. The van der Waals surface area contributed by atoms with Crippen molar-refractivity contribution in [2.75, 3.05) is 20.2 Å². The maximum Gasteiger partial charge on any atom is 0.183 e. The minimum absolute atomic E-state index is 0.0184. The molecule has 0 N–H and O–H groups in total. The van der Waals surface area contributed by atoms with Crippen LogP contribution in [0.15, 0.2) is 71.9 Å². The second kappa shape index (κ2) is 6.97. The maximum absolute atomic E-state index is 13.1. The van der Waals surface area contributed by atoms with E-state index in [0.29, 0.717) is 11.4 Å². The highest BCUT2D eigenvalue weighted by Gasteiger charge is 2.50. The van der Waals surface area contributed by atoms with Crippen LogP contribution in [-0.4, -0.2) is 43.8 Å². The predicted octanol–water partition coefficient (Wildman–Crippen LogP) is 3.51. The Balaban J connectivity index is 1.43. The molecule has 0 bridgehead atoms. The zero-order valence-corrected chi connectivity index (χ0v) is 17.0. The summed E-state index contributed by atoms with van der Waals surface area (Å²) in [7, 11) is -1.64. The van der Waals surface area contributed by atoms with Gasteiger partial charge >= 0.3 is 0 Å². The second-order valence-corrected chi connectivity index (χ2v) is 9.86. The summed E-state index contributed by atoms with van der Waals surface area (Å²) < 4.78 is 31.5. The van der Waals surface area contributed by atoms with Gasteiger partial charge in [0.25, 0.3) is 0 Å². The van der Waals surface area contributed by atoms with Gasteiger partial charge in [0, 0.05) is 37.9 Å². The van der Waals surface area contributed by atoms with Gasteiger partial charge in [-0.3, -0.25) is 9.88 Å². The first-order chi connectivity index (χ1) is 14.1. The quantitative estimate of drug-likeness (QED) is 0.664. The lowest BCUT2D eigenvalue weighted by molar-refractivity contribution is 0.325. The molecule has 2 aromatic carbocycles. The third kappa shape index (κ3) is 3.12. The van der Waals surface area contributed by atoms with Crippen LogP contribution in [0.5, 0.6) is 5.75 Å². The minimum atomic E-state index is -3.30. The molecule has 0 amide bonds. The number of benzene rings is 2. The number of rotatable bonds is 4. The number of pyridine rings is 1. The van der Waals surface area contributed by atoms with Crippen LogP contribution in [0.2, 0.25) is 0 Å². The Morgan fingerprint density at radius 1 is 1.07 bits per heavy atom. The van der Waals surface area contributed by atoms with E-state index in [4.69, 9.17) is 4.74 Å². The molecular weight excluding hydrogens is 384 g/mol. The molecule has 2 atom stereocenters. The summed E-state index contributed by atoms with van der Waals surface area (Å²) in [4.78, 5) is 6.93. The van der Waals surface area contributed by atoms with Crippen molar-refractivity contribution in [3.63, 3.8) is 0 Å². The van der Waals surface area contributed by atoms with Gasteiger partial charge in [0.1, 0.15) is 5.75 Å². The average Bonchev–Trinajstić information content (AvgIpc) is 3.26. The molecule has 1 fully saturated rings. The lowest BCUT2D eigenvalue weighted by atomic mass is 9.95. The van der Waals surface area contributed by atoms with Crippen LogP contribution >= 0.6 is 0 Å². The number of hydrogen-bond donors (Lipinski definition) is 0. The van der Waals surface area contributed by atoms with Gasteiger partial charge in [0.2, 0.25) is 0 Å². The van der Waals surface area contributed by atoms with Crippen LogP contribution in [0.3, 0.4) is 0 Å². The van der Waals surface area contributed by atoms with E-state index < -0.39 is 9.84 Å². The smallest absolute Gasteiger partial charge is 0.183 e. The van der Waals surface area contributed by atoms with Gasteiger partial charge in [0.05, 0.1) is 17.3 Å². The number of fused-ring (bicyclic) bond motifs is 3. The molecule has 2 aliphatic rings. The topological polar surface area (TPSA) is 59.5 Å². The van der Waals surface area contributed by atoms with E-state index in [-0.39, 0.29) is 11.2 Å². The van der Waals surface area contributed by atoms with Crippen molar-refractivity contribution < 1.29 is 13.2 Å². The molecule has 148 valence electrons. The highest BCUT2D eigenvalue weighted by Crippen LogP contribution is 2.46. The average molecular weight is 407 g/mol. The molecule has 0 radical (unpaired) electrons. The third-order valence-electron chi connectivity index (χ3n) is 6.02. The minimum Gasteiger partial charge on any atom is -0.497 e. The SMILES string of the molecule is COc1ccc(CN2C[C@@H]3[C@@H](C2)c2cc(-c4cccnc4)ccc2S3(=O)=O)cc1. The van der Waals surface area contributed by atoms with Crippen molar-refractivity contribution in [3.05, 3.63) is 78.1 Å². The molecule has 0 unspecified atom stereocenters. The Kier molecular flexibility index (Phi) is 4.41. The standard InChI is InChI=1S/C23H22N2O3S/c1-28-19-7-4-16(5-8-19)13-25-14-21-20-11-17(18-3-2-10-24-12-18)6-9-22(20)29(26,27)23(21)15-25/h2-12,21,23H,13-15H2,1H3/t21-,23+/m0/s1. The van der Waals surface area contributed by atoms with Crippen LogP contribution in [0.25, 0.3) is 11.1 Å². The molecule has 2 aliphatic heterocycles. The zero-order valence-electron chi connectivity index (χ0n) is 16.2. The van der Waals surface area contributed by atoms with E-state index in [2.05, 4.69) is 9.88 Å². The largest absolute Gasteiger partial charge is 0.497 e. The van der Waals surface area contributed by atoms with E-state index in [9.17, 15) is 8.42 Å². The zero-order chi connectivity index (χ0) is 20.0. The van der Waals surface area contributed by atoms with Crippen LogP contribution < -0.4 is 4.74 Å². The van der Waals surface area contributed by atoms with Crippen molar-refractivity contribution in [1.82, 2.24) is 9.88 Å². The Bertz CT molecular complexity index is 1140. The summed E-state index contributed by atoms with van der Waals surface area (Å²) in [5.41, 5.74) is 4.13. The predicted molar refractivity (Wildman–Crippen MR) is 112 cm³/mol. The first kappa shape index (κ1) is 18.3. The highest BCUT2D eigenvalue weighted by atomic mass is 32.2. The highest BCUT2D eigenvalue weighted by molar-refractivity contribution is 7.92. The number of hydrogen-bond acceptors (Lipinski definition) is 5. The van der Waals surface area contributed by atoms with E-state index in [1.165, 1.54) is 0 Å². The van der Waals surface area contributed by atoms with Gasteiger partial charge in [-0.05, 0) is 52.6 Å². The fourth-order valence-corrected chi connectivity index (χ4v) is 6.75. The number of nitrogens with zero attached hydrogens (tertiary/aromatic N) is 2. The molecule has 0 spiro atoms. The summed E-state index contributed by atoms with van der Waals surface area (Å²) in [6.07, 6.45) is 3.55. The number of aromatic nitrogens is 1. The third-order valence-corrected chi connectivity index (χ3v) is 8.28. The van der Waals surface area contributed by atoms with Crippen LogP contribution in [-0.2, 0) is 16.4 Å². The van der Waals surface area contributed by atoms with Gasteiger partial charge in [-0.2, -0.15) is 0 Å². The van der Waals surface area contributed by atoms with Crippen LogP contribution in [0, 0.1) is 0 Å². The molecule has 5 nitrogen and oxygen atoms in total. The van der Waals surface area contributed by atoms with Gasteiger partial charge in [0.15, 0.2) is 9.84 Å². The lowest BCUT2D eigenvalue weighted by Gasteiger charge is -2.18. The molecule has 1 saturated heterocycles. The first-order valence-corrected chi connectivity index (χ1v) is 11.2. The lowest BCUT2D eigenvalue weighted by Crippen LogP contribution is -2.25. The first-order valence-electron chi connectivity index (χ1n) is 9.70. The second-order valence-electron chi connectivity index (χ2n) is 7.73. The summed E-state index contributed by atoms with van der Waals surface area (Å²) in [6.45, 7) is 2.06. The molecule has 0 aliphatic carbocycles. The van der Waals surface area contributed by atoms with Crippen molar-refractivity contribution in [3.8, 4) is 16.9 Å². The Hall–Kier alpha value is -2.70. The maximum atomic E-state index is 13.1. The Morgan fingerprint density at radius 3 is 2.62 bits per heavy atom. The van der Waals surface area contributed by atoms with Crippen molar-refractivity contribution in [2.24, 2.45) is 0 Å². The van der Waals surface area contributed by atoms with Gasteiger partial charge in [-0.1, -0.05) is 24.3 Å². The molecule has 0 saturated carbocycles. The summed E-state index contributed by atoms with van der Waals surface area (Å²) >= 11 is 0. The van der Waals surface area contributed by atoms with Crippen molar-refractivity contribution >= 4 is 9.84 Å². The van der Waals surface area contributed by atoms with Crippen LogP contribution in [0.4, 0.5) is 0 Å². The van der Waals surface area contributed by atoms with Gasteiger partial charge in [-0.25, -0.2) is 8.42 Å². The molecular formula is C23H22N2O3S. The summed E-state index contributed by atoms with van der Waals surface area (Å²) in [5.74, 6) is 0.844. The van der Waals surface area contributed by atoms with Gasteiger partial charge < -0.3 is 4.74 Å². The number of ether oxygens (including phenoxy) is 1. The molecule has 3 heterocycles. The van der Waals surface area contributed by atoms with E-state index >= 15 is 0 Å². The van der Waals surface area contributed by atoms with Gasteiger partial charge in [-0.15, -0.1) is 0 Å². The molecule has 6 heteroatoms. The fourth-order valence-electron chi connectivity index (χ4n) is 4.56. The van der Waals surface area contributed by atoms with Crippen LogP contribution in [0.1, 0.15) is 17.0 Å². The molecule has 29 heavy (non-hydrogen) atoms. The fraction of sp³-hybridized carbons (Fsp3) is 0.261. The number of sulfone groups is 1.